The van der Waals surface area contributed by atoms with Gasteiger partial charge in [0.2, 0.25) is 0 Å². The molecule has 1 N–H and O–H groups in total. The number of para-hydroxylation sites is 1. The van der Waals surface area contributed by atoms with Crippen LogP contribution in [0.5, 0.6) is 0 Å². The Kier molecular flexibility index (Phi) is 3.34. The summed E-state index contributed by atoms with van der Waals surface area (Å²) in [6.07, 6.45) is 0. The van der Waals surface area contributed by atoms with Crippen molar-refractivity contribution in [3.05, 3.63) is 58.7 Å². The van der Waals surface area contributed by atoms with Gasteiger partial charge >= 0.3 is 0 Å². The Balaban J connectivity index is 2.43. The molecule has 2 aromatic rings. The highest BCUT2D eigenvalue weighted by Gasteiger charge is 2.05. The van der Waals surface area contributed by atoms with Gasteiger partial charge in [-0.3, -0.25) is 0 Å². The standard InChI is InChI=1S/C16H16N2/c1-11-7-12(2)9-15(8-11)18-16-13(3)5-4-6-14(16)10-17/h4-9,18H,1-3H3. The first-order valence-corrected chi connectivity index (χ1v) is 5.95. The minimum absolute atomic E-state index is 0.675. The molecule has 0 spiro atoms. The van der Waals surface area contributed by atoms with Crippen molar-refractivity contribution >= 4 is 11.4 Å². The molecule has 0 unspecified atom stereocenters. The fourth-order valence-electron chi connectivity index (χ4n) is 2.12. The van der Waals surface area contributed by atoms with Crippen molar-refractivity contribution in [2.45, 2.75) is 20.8 Å². The number of nitrogens with one attached hydrogen (secondary N) is 1. The summed E-state index contributed by atoms with van der Waals surface area (Å²) >= 11 is 0. The molecule has 0 aromatic heterocycles. The quantitative estimate of drug-likeness (QED) is 0.847. The molecule has 0 fully saturated rings. The lowest BCUT2D eigenvalue weighted by Crippen LogP contribution is -1.97. The van der Waals surface area contributed by atoms with E-state index >= 15 is 0 Å². The summed E-state index contributed by atoms with van der Waals surface area (Å²) in [4.78, 5) is 0. The van der Waals surface area contributed by atoms with Gasteiger partial charge in [-0.05, 0) is 55.7 Å². The second-order valence-corrected chi connectivity index (χ2v) is 4.61. The smallest absolute Gasteiger partial charge is 0.101 e. The minimum atomic E-state index is 0.675. The largest absolute Gasteiger partial charge is 0.354 e. The van der Waals surface area contributed by atoms with E-state index in [9.17, 15) is 0 Å². The summed E-state index contributed by atoms with van der Waals surface area (Å²) in [5.74, 6) is 0. The molecule has 2 aromatic carbocycles. The molecule has 2 rings (SSSR count). The number of nitrogens with zero attached hydrogens (tertiary/aromatic N) is 1. The zero-order valence-electron chi connectivity index (χ0n) is 10.9. The van der Waals surface area contributed by atoms with Crippen molar-refractivity contribution in [1.82, 2.24) is 0 Å². The topological polar surface area (TPSA) is 35.8 Å². The van der Waals surface area contributed by atoms with Crippen LogP contribution in [0.15, 0.2) is 36.4 Å². The van der Waals surface area contributed by atoms with Gasteiger partial charge in [0.25, 0.3) is 0 Å². The van der Waals surface area contributed by atoms with E-state index in [1.54, 1.807) is 0 Å². The van der Waals surface area contributed by atoms with Crippen molar-refractivity contribution in [3.8, 4) is 6.07 Å². The first-order chi connectivity index (χ1) is 8.60. The third kappa shape index (κ3) is 2.52. The Bertz CT molecular complexity index is 601. The summed E-state index contributed by atoms with van der Waals surface area (Å²) < 4.78 is 0. The average Bonchev–Trinajstić information content (AvgIpc) is 2.30. The Morgan fingerprint density at radius 1 is 1.00 bits per heavy atom. The molecule has 0 radical (unpaired) electrons. The van der Waals surface area contributed by atoms with Crippen LogP contribution >= 0.6 is 0 Å². The Labute approximate surface area is 108 Å². The monoisotopic (exact) mass is 236 g/mol. The van der Waals surface area contributed by atoms with E-state index in [4.69, 9.17) is 5.26 Å². The van der Waals surface area contributed by atoms with Gasteiger partial charge in [-0.15, -0.1) is 0 Å². The molecule has 0 aliphatic rings. The molecule has 0 atom stereocenters. The third-order valence-corrected chi connectivity index (χ3v) is 2.88. The van der Waals surface area contributed by atoms with Gasteiger partial charge in [-0.1, -0.05) is 18.2 Å². The van der Waals surface area contributed by atoms with E-state index in [1.165, 1.54) is 11.1 Å². The molecule has 0 bridgehead atoms. The lowest BCUT2D eigenvalue weighted by Gasteiger charge is -2.12. The van der Waals surface area contributed by atoms with Crippen molar-refractivity contribution in [2.24, 2.45) is 0 Å². The van der Waals surface area contributed by atoms with Crippen LogP contribution in [0.4, 0.5) is 11.4 Å². The minimum Gasteiger partial charge on any atom is -0.354 e. The second-order valence-electron chi connectivity index (χ2n) is 4.61. The normalized spacial score (nSPS) is 9.89. The fraction of sp³-hybridized carbons (Fsp3) is 0.188. The third-order valence-electron chi connectivity index (χ3n) is 2.88. The van der Waals surface area contributed by atoms with Crippen LogP contribution in [0.2, 0.25) is 0 Å². The molecule has 2 heteroatoms. The number of anilines is 2. The number of hydrogen-bond donors (Lipinski definition) is 1. The molecule has 0 heterocycles. The highest BCUT2D eigenvalue weighted by molar-refractivity contribution is 5.70. The summed E-state index contributed by atoms with van der Waals surface area (Å²) in [5, 5.41) is 12.5. The summed E-state index contributed by atoms with van der Waals surface area (Å²) in [6, 6.07) is 14.3. The van der Waals surface area contributed by atoms with Gasteiger partial charge in [0.1, 0.15) is 6.07 Å². The number of nitriles is 1. The van der Waals surface area contributed by atoms with E-state index in [0.29, 0.717) is 5.56 Å². The molecule has 90 valence electrons. The van der Waals surface area contributed by atoms with Crippen LogP contribution in [0.1, 0.15) is 22.3 Å². The Morgan fingerprint density at radius 2 is 1.67 bits per heavy atom. The SMILES string of the molecule is Cc1cc(C)cc(Nc2c(C)cccc2C#N)c1. The summed E-state index contributed by atoms with van der Waals surface area (Å²) in [7, 11) is 0. The van der Waals surface area contributed by atoms with Gasteiger partial charge in [-0.25, -0.2) is 0 Å². The van der Waals surface area contributed by atoms with Crippen LogP contribution < -0.4 is 5.32 Å². The molecule has 2 nitrogen and oxygen atoms in total. The predicted molar refractivity (Wildman–Crippen MR) is 75.1 cm³/mol. The van der Waals surface area contributed by atoms with E-state index in [1.807, 2.05) is 25.1 Å². The van der Waals surface area contributed by atoms with Crippen LogP contribution in [-0.4, -0.2) is 0 Å². The van der Waals surface area contributed by atoms with Crippen molar-refractivity contribution in [3.63, 3.8) is 0 Å². The molecular weight excluding hydrogens is 220 g/mol. The van der Waals surface area contributed by atoms with Crippen molar-refractivity contribution < 1.29 is 0 Å². The van der Waals surface area contributed by atoms with Gasteiger partial charge < -0.3 is 5.32 Å². The van der Waals surface area contributed by atoms with E-state index in [-0.39, 0.29) is 0 Å². The lowest BCUT2D eigenvalue weighted by atomic mass is 10.1. The zero-order valence-corrected chi connectivity index (χ0v) is 10.9. The highest BCUT2D eigenvalue weighted by Crippen LogP contribution is 2.25. The van der Waals surface area contributed by atoms with Crippen LogP contribution in [0, 0.1) is 32.1 Å². The van der Waals surface area contributed by atoms with Gasteiger partial charge in [0.15, 0.2) is 0 Å². The van der Waals surface area contributed by atoms with E-state index in [2.05, 4.69) is 43.4 Å². The first-order valence-electron chi connectivity index (χ1n) is 5.95. The number of rotatable bonds is 2. The zero-order chi connectivity index (χ0) is 13.1. The number of hydrogen-bond acceptors (Lipinski definition) is 2. The average molecular weight is 236 g/mol. The molecule has 0 aliphatic carbocycles. The predicted octanol–water partition coefficient (Wildman–Crippen LogP) is 4.23. The molecule has 0 saturated carbocycles. The van der Waals surface area contributed by atoms with E-state index in [0.717, 1.165) is 16.9 Å². The van der Waals surface area contributed by atoms with E-state index < -0.39 is 0 Å². The maximum Gasteiger partial charge on any atom is 0.101 e. The number of aryl methyl sites for hydroxylation is 3. The maximum absolute atomic E-state index is 9.14. The first kappa shape index (κ1) is 12.2. The van der Waals surface area contributed by atoms with Crippen molar-refractivity contribution in [1.29, 1.82) is 5.26 Å². The highest BCUT2D eigenvalue weighted by atomic mass is 14.9. The van der Waals surface area contributed by atoms with Crippen LogP contribution in [0.3, 0.4) is 0 Å². The second kappa shape index (κ2) is 4.93. The summed E-state index contributed by atoms with van der Waals surface area (Å²) in [6.45, 7) is 6.15. The summed E-state index contributed by atoms with van der Waals surface area (Å²) in [5.41, 5.74) is 6.10. The van der Waals surface area contributed by atoms with Gasteiger partial charge in [-0.2, -0.15) is 5.26 Å². The van der Waals surface area contributed by atoms with Crippen LogP contribution in [-0.2, 0) is 0 Å². The Hall–Kier alpha value is -2.27. The number of benzene rings is 2. The van der Waals surface area contributed by atoms with Crippen LogP contribution in [0.25, 0.3) is 0 Å². The van der Waals surface area contributed by atoms with Gasteiger partial charge in [0, 0.05) is 5.69 Å². The Morgan fingerprint density at radius 3 is 2.28 bits per heavy atom. The molecular formula is C16H16N2. The molecule has 0 aliphatic heterocycles. The van der Waals surface area contributed by atoms with Gasteiger partial charge in [0.05, 0.1) is 11.3 Å². The molecule has 0 amide bonds. The maximum atomic E-state index is 9.14. The fourth-order valence-corrected chi connectivity index (χ4v) is 2.12. The lowest BCUT2D eigenvalue weighted by molar-refractivity contribution is 1.35. The molecule has 18 heavy (non-hydrogen) atoms. The molecule has 0 saturated heterocycles. The van der Waals surface area contributed by atoms with Crippen molar-refractivity contribution in [2.75, 3.05) is 5.32 Å².